The number of nitrogens with one attached hydrogen (secondary N) is 1. The minimum atomic E-state index is -0.277. The lowest BCUT2D eigenvalue weighted by Gasteiger charge is -2.06. The largest absolute Gasteiger partial charge is 0.432 e. The number of carbonyl (C=O) groups excluding carboxylic acids is 1. The predicted molar refractivity (Wildman–Crippen MR) is 76.3 cm³/mol. The van der Waals surface area contributed by atoms with Crippen molar-refractivity contribution in [3.8, 4) is 11.8 Å². The van der Waals surface area contributed by atoms with E-state index in [1.165, 1.54) is 6.26 Å². The van der Waals surface area contributed by atoms with Crippen molar-refractivity contribution in [3.63, 3.8) is 0 Å². The fourth-order valence-electron chi connectivity index (χ4n) is 1.74. The number of nitrogens with zero attached hydrogens (tertiary/aromatic N) is 1. The third-order valence-corrected chi connectivity index (χ3v) is 2.74. The van der Waals surface area contributed by atoms with Crippen molar-refractivity contribution in [2.24, 2.45) is 5.73 Å². The van der Waals surface area contributed by atoms with Gasteiger partial charge in [0.05, 0.1) is 12.2 Å². The fourth-order valence-corrected chi connectivity index (χ4v) is 1.74. The van der Waals surface area contributed by atoms with Gasteiger partial charge >= 0.3 is 6.01 Å². The Bertz CT molecular complexity index is 693. The van der Waals surface area contributed by atoms with Crippen molar-refractivity contribution >= 4 is 11.9 Å². The number of rotatable bonds is 2. The van der Waals surface area contributed by atoms with Crippen LogP contribution >= 0.6 is 0 Å². The van der Waals surface area contributed by atoms with Gasteiger partial charge in [0, 0.05) is 11.1 Å². The van der Waals surface area contributed by atoms with Crippen molar-refractivity contribution in [2.45, 2.75) is 13.8 Å². The van der Waals surface area contributed by atoms with Gasteiger partial charge in [-0.15, -0.1) is 0 Å². The molecule has 2 aromatic rings. The van der Waals surface area contributed by atoms with Crippen molar-refractivity contribution < 1.29 is 9.21 Å². The van der Waals surface area contributed by atoms with Crippen LogP contribution in [0.3, 0.4) is 0 Å². The summed E-state index contributed by atoms with van der Waals surface area (Å²) < 4.78 is 5.10. The van der Waals surface area contributed by atoms with Gasteiger partial charge in [0.15, 0.2) is 0 Å². The van der Waals surface area contributed by atoms with E-state index in [1.807, 2.05) is 13.0 Å². The minimum absolute atomic E-state index is 0.186. The maximum atomic E-state index is 12.2. The molecule has 20 heavy (non-hydrogen) atoms. The average Bonchev–Trinajstić information content (AvgIpc) is 2.83. The number of aryl methyl sites for hydroxylation is 1. The summed E-state index contributed by atoms with van der Waals surface area (Å²) in [6, 6.07) is 5.55. The summed E-state index contributed by atoms with van der Waals surface area (Å²) in [7, 11) is 0. The normalized spacial score (nSPS) is 9.75. The third-order valence-electron chi connectivity index (χ3n) is 2.74. The summed E-state index contributed by atoms with van der Waals surface area (Å²) in [5, 5.41) is 2.61. The first kappa shape index (κ1) is 13.8. The van der Waals surface area contributed by atoms with E-state index in [-0.39, 0.29) is 18.5 Å². The molecule has 0 aliphatic heterocycles. The quantitative estimate of drug-likeness (QED) is 0.815. The van der Waals surface area contributed by atoms with Gasteiger partial charge in [0.1, 0.15) is 6.26 Å². The van der Waals surface area contributed by atoms with Gasteiger partial charge in [-0.3, -0.25) is 10.1 Å². The summed E-state index contributed by atoms with van der Waals surface area (Å²) in [6.45, 7) is 3.91. The maximum absolute atomic E-state index is 12.2. The zero-order chi connectivity index (χ0) is 14.5. The van der Waals surface area contributed by atoms with Crippen molar-refractivity contribution in [2.75, 3.05) is 11.9 Å². The highest BCUT2D eigenvalue weighted by atomic mass is 16.4. The molecular formula is C15H15N3O2. The lowest BCUT2D eigenvalue weighted by atomic mass is 10.0. The lowest BCUT2D eigenvalue weighted by molar-refractivity contribution is 0.102. The van der Waals surface area contributed by atoms with Crippen molar-refractivity contribution in [3.05, 3.63) is 46.8 Å². The number of carbonyl (C=O) groups is 1. The monoisotopic (exact) mass is 269 g/mol. The Balaban J connectivity index is 2.26. The van der Waals surface area contributed by atoms with Gasteiger partial charge in [-0.2, -0.15) is 4.98 Å². The molecule has 0 atom stereocenters. The second kappa shape index (κ2) is 6.04. The summed E-state index contributed by atoms with van der Waals surface area (Å²) in [6.07, 6.45) is 1.48. The van der Waals surface area contributed by atoms with Gasteiger partial charge < -0.3 is 10.2 Å². The Morgan fingerprint density at radius 1 is 1.45 bits per heavy atom. The summed E-state index contributed by atoms with van der Waals surface area (Å²) >= 11 is 0. The Morgan fingerprint density at radius 3 is 2.90 bits per heavy atom. The van der Waals surface area contributed by atoms with Crippen LogP contribution in [0.25, 0.3) is 0 Å². The Morgan fingerprint density at radius 2 is 2.25 bits per heavy atom. The van der Waals surface area contributed by atoms with E-state index in [0.717, 1.165) is 11.1 Å². The molecule has 0 unspecified atom stereocenters. The topological polar surface area (TPSA) is 81.2 Å². The SMILES string of the molecule is Cc1coc(NC(=O)c2cccc(C#CCN)c2C)n1. The molecule has 0 bridgehead atoms. The van der Waals surface area contributed by atoms with Crippen LogP contribution in [-0.2, 0) is 0 Å². The molecule has 0 aliphatic rings. The van der Waals surface area contributed by atoms with Crippen LogP contribution in [0.2, 0.25) is 0 Å². The molecule has 102 valence electrons. The molecule has 5 nitrogen and oxygen atoms in total. The first-order valence-electron chi connectivity index (χ1n) is 6.14. The van der Waals surface area contributed by atoms with E-state index < -0.39 is 0 Å². The number of anilines is 1. The Hall–Kier alpha value is -2.58. The van der Waals surface area contributed by atoms with Crippen LogP contribution in [0.1, 0.15) is 27.2 Å². The number of oxazole rings is 1. The summed E-state index contributed by atoms with van der Waals surface area (Å²) in [4.78, 5) is 16.2. The Labute approximate surface area is 117 Å². The number of hydrogen-bond donors (Lipinski definition) is 2. The van der Waals surface area contributed by atoms with Crippen LogP contribution < -0.4 is 11.1 Å². The van der Waals surface area contributed by atoms with E-state index in [2.05, 4.69) is 22.1 Å². The van der Waals surface area contributed by atoms with Gasteiger partial charge in [0.2, 0.25) is 0 Å². The minimum Gasteiger partial charge on any atom is -0.432 e. The zero-order valence-corrected chi connectivity index (χ0v) is 11.4. The number of nitrogens with two attached hydrogens (primary N) is 1. The van der Waals surface area contributed by atoms with Gasteiger partial charge in [0.25, 0.3) is 5.91 Å². The molecule has 0 aliphatic carbocycles. The van der Waals surface area contributed by atoms with Crippen molar-refractivity contribution in [1.29, 1.82) is 0 Å². The molecule has 0 saturated heterocycles. The lowest BCUT2D eigenvalue weighted by Crippen LogP contribution is -2.14. The van der Waals surface area contributed by atoms with E-state index in [4.69, 9.17) is 10.2 Å². The molecule has 0 fully saturated rings. The van der Waals surface area contributed by atoms with Crippen LogP contribution in [0.15, 0.2) is 28.9 Å². The second-order valence-electron chi connectivity index (χ2n) is 4.23. The molecule has 3 N–H and O–H groups in total. The molecule has 0 saturated carbocycles. The number of aromatic nitrogens is 1. The highest BCUT2D eigenvalue weighted by Crippen LogP contribution is 2.15. The molecule has 1 amide bonds. The average molecular weight is 269 g/mol. The zero-order valence-electron chi connectivity index (χ0n) is 11.4. The first-order chi connectivity index (χ1) is 9.61. The molecule has 1 aromatic carbocycles. The highest BCUT2D eigenvalue weighted by Gasteiger charge is 2.13. The van der Waals surface area contributed by atoms with E-state index in [1.54, 1.807) is 19.1 Å². The second-order valence-corrected chi connectivity index (χ2v) is 4.23. The molecule has 0 radical (unpaired) electrons. The van der Waals surface area contributed by atoms with Gasteiger partial charge in [-0.05, 0) is 31.5 Å². The van der Waals surface area contributed by atoms with Crippen LogP contribution in [0.5, 0.6) is 0 Å². The van der Waals surface area contributed by atoms with Crippen LogP contribution in [-0.4, -0.2) is 17.4 Å². The van der Waals surface area contributed by atoms with E-state index in [9.17, 15) is 4.79 Å². The molecule has 1 heterocycles. The molecular weight excluding hydrogens is 254 g/mol. The standard InChI is InChI=1S/C15H15N3O2/c1-10-9-20-15(17-10)18-14(19)13-7-3-5-12(11(13)2)6-4-8-16/h3,5,7,9H,8,16H2,1-2H3,(H,17,18,19). The number of hydrogen-bond acceptors (Lipinski definition) is 4. The smallest absolute Gasteiger partial charge is 0.301 e. The van der Waals surface area contributed by atoms with E-state index >= 15 is 0 Å². The summed E-state index contributed by atoms with van der Waals surface area (Å²) in [5.74, 6) is 5.44. The first-order valence-corrected chi connectivity index (χ1v) is 6.14. The number of amides is 1. The molecule has 0 spiro atoms. The third kappa shape index (κ3) is 3.05. The van der Waals surface area contributed by atoms with Crippen LogP contribution in [0.4, 0.5) is 6.01 Å². The number of benzene rings is 1. The van der Waals surface area contributed by atoms with E-state index in [0.29, 0.717) is 11.3 Å². The molecule has 5 heteroatoms. The van der Waals surface area contributed by atoms with Gasteiger partial charge in [-0.25, -0.2) is 0 Å². The Kier molecular flexibility index (Phi) is 4.18. The van der Waals surface area contributed by atoms with Crippen molar-refractivity contribution in [1.82, 2.24) is 4.98 Å². The van der Waals surface area contributed by atoms with Gasteiger partial charge in [-0.1, -0.05) is 17.9 Å². The predicted octanol–water partition coefficient (Wildman–Crippen LogP) is 1.85. The molecule has 1 aromatic heterocycles. The molecule has 2 rings (SSSR count). The van der Waals surface area contributed by atoms with Crippen LogP contribution in [0, 0.1) is 25.7 Å². The summed E-state index contributed by atoms with van der Waals surface area (Å²) in [5.41, 5.74) is 8.18. The highest BCUT2D eigenvalue weighted by molar-refractivity contribution is 6.04. The maximum Gasteiger partial charge on any atom is 0.301 e. The fraction of sp³-hybridized carbons (Fsp3) is 0.200.